The van der Waals surface area contributed by atoms with Crippen LogP contribution in [0, 0.1) is 15.9 Å². The van der Waals surface area contributed by atoms with E-state index in [4.69, 9.17) is 9.84 Å². The van der Waals surface area contributed by atoms with E-state index < -0.39 is 22.4 Å². The highest BCUT2D eigenvalue weighted by Crippen LogP contribution is 2.30. The number of nitrogens with zero attached hydrogens (tertiary/aromatic N) is 2. The fourth-order valence-corrected chi connectivity index (χ4v) is 1.40. The lowest BCUT2D eigenvalue weighted by Gasteiger charge is -2.05. The number of pyridine rings is 1. The molecule has 0 fully saturated rings. The molecule has 0 radical (unpaired) electrons. The first-order valence-electron chi connectivity index (χ1n) is 5.28. The van der Waals surface area contributed by atoms with Crippen molar-refractivity contribution in [1.29, 1.82) is 0 Å². The summed E-state index contributed by atoms with van der Waals surface area (Å²) >= 11 is 0. The zero-order valence-electron chi connectivity index (χ0n) is 9.82. The lowest BCUT2D eigenvalue weighted by molar-refractivity contribution is -0.385. The number of ether oxygens (including phenoxy) is 1. The third-order valence-corrected chi connectivity index (χ3v) is 2.32. The number of nitro groups is 1. The minimum absolute atomic E-state index is 0.0373. The summed E-state index contributed by atoms with van der Waals surface area (Å²) in [4.78, 5) is 24.3. The van der Waals surface area contributed by atoms with Gasteiger partial charge in [0.25, 0.3) is 0 Å². The minimum Gasteiger partial charge on any atom is -0.478 e. The zero-order valence-corrected chi connectivity index (χ0v) is 9.82. The van der Waals surface area contributed by atoms with Gasteiger partial charge in [-0.05, 0) is 18.2 Å². The number of nitro benzene ring substituents is 1. The molecular formula is C12H7FN2O5. The van der Waals surface area contributed by atoms with Crippen LogP contribution in [0.15, 0.2) is 36.5 Å². The molecule has 0 bridgehead atoms. The Morgan fingerprint density at radius 3 is 2.65 bits per heavy atom. The van der Waals surface area contributed by atoms with E-state index in [2.05, 4.69) is 4.98 Å². The number of rotatable bonds is 4. The molecule has 7 nitrogen and oxygen atoms in total. The number of carbonyl (C=O) groups is 1. The van der Waals surface area contributed by atoms with Gasteiger partial charge in [0, 0.05) is 12.3 Å². The number of aromatic nitrogens is 1. The maximum atomic E-state index is 12.9. The summed E-state index contributed by atoms with van der Waals surface area (Å²) in [5.74, 6) is -2.15. The number of aromatic carboxylic acids is 1. The first kappa shape index (κ1) is 13.4. The highest BCUT2D eigenvalue weighted by Gasteiger charge is 2.17. The van der Waals surface area contributed by atoms with E-state index in [9.17, 15) is 19.3 Å². The first-order chi connectivity index (χ1) is 9.47. The normalized spacial score (nSPS) is 10.1. The summed E-state index contributed by atoms with van der Waals surface area (Å²) < 4.78 is 18.1. The van der Waals surface area contributed by atoms with E-state index >= 15 is 0 Å². The van der Waals surface area contributed by atoms with E-state index in [0.29, 0.717) is 0 Å². The van der Waals surface area contributed by atoms with Crippen LogP contribution in [-0.4, -0.2) is 21.0 Å². The number of benzene rings is 1. The van der Waals surface area contributed by atoms with E-state index in [1.807, 2.05) is 0 Å². The van der Waals surface area contributed by atoms with Crippen molar-refractivity contribution >= 4 is 11.7 Å². The second-order valence-corrected chi connectivity index (χ2v) is 3.66. The van der Waals surface area contributed by atoms with Crippen LogP contribution in [0.5, 0.6) is 11.6 Å². The van der Waals surface area contributed by atoms with Crippen molar-refractivity contribution in [3.8, 4) is 11.6 Å². The molecular weight excluding hydrogens is 271 g/mol. The average molecular weight is 278 g/mol. The molecule has 0 aliphatic rings. The molecule has 0 amide bonds. The molecule has 102 valence electrons. The fourth-order valence-electron chi connectivity index (χ4n) is 1.40. The molecule has 2 aromatic rings. The van der Waals surface area contributed by atoms with Crippen molar-refractivity contribution in [3.63, 3.8) is 0 Å². The molecule has 1 N–H and O–H groups in total. The van der Waals surface area contributed by atoms with Gasteiger partial charge in [-0.3, -0.25) is 10.1 Å². The molecule has 0 saturated carbocycles. The van der Waals surface area contributed by atoms with Crippen LogP contribution in [0.4, 0.5) is 10.1 Å². The van der Waals surface area contributed by atoms with Crippen LogP contribution < -0.4 is 4.74 Å². The van der Waals surface area contributed by atoms with Crippen molar-refractivity contribution < 1.29 is 24.0 Å². The molecule has 0 unspecified atom stereocenters. The molecule has 0 aliphatic carbocycles. The number of halogens is 1. The van der Waals surface area contributed by atoms with Gasteiger partial charge < -0.3 is 9.84 Å². The van der Waals surface area contributed by atoms with Gasteiger partial charge in [-0.2, -0.15) is 0 Å². The predicted octanol–water partition coefficient (Wildman–Crippen LogP) is 2.62. The van der Waals surface area contributed by atoms with E-state index in [0.717, 1.165) is 24.4 Å². The highest BCUT2D eigenvalue weighted by molar-refractivity contribution is 5.87. The minimum atomic E-state index is -1.16. The predicted molar refractivity (Wildman–Crippen MR) is 64.3 cm³/mol. The smallest absolute Gasteiger partial charge is 0.337 e. The Bertz CT molecular complexity index is 672. The summed E-state index contributed by atoms with van der Waals surface area (Å²) in [6, 6.07) is 5.31. The molecule has 0 atom stereocenters. The Hall–Kier alpha value is -3.03. The molecule has 1 aromatic carbocycles. The molecule has 2 rings (SSSR count). The van der Waals surface area contributed by atoms with Gasteiger partial charge in [-0.1, -0.05) is 0 Å². The first-order valence-corrected chi connectivity index (χ1v) is 5.28. The van der Waals surface area contributed by atoms with Gasteiger partial charge in [0.1, 0.15) is 5.82 Å². The van der Waals surface area contributed by atoms with Crippen LogP contribution in [0.1, 0.15) is 10.4 Å². The van der Waals surface area contributed by atoms with Crippen molar-refractivity contribution in [3.05, 3.63) is 58.0 Å². The van der Waals surface area contributed by atoms with Crippen molar-refractivity contribution in [2.24, 2.45) is 0 Å². The molecule has 0 aliphatic heterocycles. The number of hydrogen-bond acceptors (Lipinski definition) is 5. The largest absolute Gasteiger partial charge is 0.478 e. The quantitative estimate of drug-likeness (QED) is 0.681. The highest BCUT2D eigenvalue weighted by atomic mass is 19.1. The van der Waals surface area contributed by atoms with Crippen molar-refractivity contribution in [2.75, 3.05) is 0 Å². The summed E-state index contributed by atoms with van der Waals surface area (Å²) in [6.07, 6.45) is 1.05. The van der Waals surface area contributed by atoms with Crippen LogP contribution in [-0.2, 0) is 0 Å². The molecule has 8 heteroatoms. The van der Waals surface area contributed by atoms with Crippen LogP contribution in [0.2, 0.25) is 0 Å². The lowest BCUT2D eigenvalue weighted by atomic mass is 10.3. The molecule has 0 spiro atoms. The van der Waals surface area contributed by atoms with Gasteiger partial charge in [0.15, 0.2) is 0 Å². The Kier molecular flexibility index (Phi) is 3.56. The Balaban J connectivity index is 2.30. The summed E-state index contributed by atoms with van der Waals surface area (Å²) in [5, 5.41) is 19.5. The van der Waals surface area contributed by atoms with Crippen LogP contribution in [0.25, 0.3) is 0 Å². The number of carboxylic acid groups (broad SMARTS) is 1. The maximum absolute atomic E-state index is 12.9. The second-order valence-electron chi connectivity index (χ2n) is 3.66. The van der Waals surface area contributed by atoms with Gasteiger partial charge in [0.2, 0.25) is 11.6 Å². The lowest BCUT2D eigenvalue weighted by Crippen LogP contribution is -1.98. The zero-order chi connectivity index (χ0) is 14.7. The Labute approximate surface area is 111 Å². The Morgan fingerprint density at radius 2 is 2.10 bits per heavy atom. The third-order valence-electron chi connectivity index (χ3n) is 2.32. The monoisotopic (exact) mass is 278 g/mol. The number of hydrogen-bond donors (Lipinski definition) is 1. The van der Waals surface area contributed by atoms with Gasteiger partial charge in [-0.25, -0.2) is 14.2 Å². The van der Waals surface area contributed by atoms with Gasteiger partial charge in [0.05, 0.1) is 16.6 Å². The topological polar surface area (TPSA) is 103 Å². The summed E-state index contributed by atoms with van der Waals surface area (Å²) in [6.45, 7) is 0. The van der Waals surface area contributed by atoms with E-state index in [1.54, 1.807) is 0 Å². The fraction of sp³-hybridized carbons (Fsp3) is 0. The standard InChI is InChI=1S/C12H7FN2O5/c13-8-2-3-10(9(5-8)15(18)19)20-11-4-1-7(6-14-11)12(16)17/h1-6H,(H,16,17). The van der Waals surface area contributed by atoms with Gasteiger partial charge in [-0.15, -0.1) is 0 Å². The Morgan fingerprint density at radius 1 is 1.35 bits per heavy atom. The molecule has 1 aromatic heterocycles. The van der Waals surface area contributed by atoms with Gasteiger partial charge >= 0.3 is 11.7 Å². The second kappa shape index (κ2) is 5.31. The van der Waals surface area contributed by atoms with Crippen molar-refractivity contribution in [1.82, 2.24) is 4.98 Å². The third kappa shape index (κ3) is 2.86. The maximum Gasteiger partial charge on any atom is 0.337 e. The molecule has 20 heavy (non-hydrogen) atoms. The van der Waals surface area contributed by atoms with E-state index in [1.165, 1.54) is 12.1 Å². The summed E-state index contributed by atoms with van der Waals surface area (Å²) in [5.41, 5.74) is -0.597. The van der Waals surface area contributed by atoms with Crippen LogP contribution >= 0.6 is 0 Å². The summed E-state index contributed by atoms with van der Waals surface area (Å²) in [7, 11) is 0. The SMILES string of the molecule is O=C(O)c1ccc(Oc2ccc(F)cc2[N+](=O)[O-])nc1. The molecule has 1 heterocycles. The van der Waals surface area contributed by atoms with Crippen molar-refractivity contribution in [2.45, 2.75) is 0 Å². The molecule has 0 saturated heterocycles. The average Bonchev–Trinajstić information content (AvgIpc) is 2.41. The van der Waals surface area contributed by atoms with Crippen LogP contribution in [0.3, 0.4) is 0 Å². The number of carboxylic acids is 1. The van der Waals surface area contributed by atoms with E-state index in [-0.39, 0.29) is 17.2 Å².